The third kappa shape index (κ3) is 5.48. The second-order valence-electron chi connectivity index (χ2n) is 6.65. The highest BCUT2D eigenvalue weighted by Crippen LogP contribution is 2.49. The van der Waals surface area contributed by atoms with Crippen LogP contribution in [0.5, 0.6) is 11.5 Å². The van der Waals surface area contributed by atoms with Crippen molar-refractivity contribution in [1.82, 2.24) is 4.98 Å². The first kappa shape index (κ1) is 23.4. The summed E-state index contributed by atoms with van der Waals surface area (Å²) in [6.45, 7) is 1.93. The number of aromatic nitrogens is 1. The second kappa shape index (κ2) is 9.88. The van der Waals surface area contributed by atoms with Gasteiger partial charge >= 0.3 is 13.9 Å². The number of methoxy groups -OCH3 is 1. The maximum absolute atomic E-state index is 12.6. The number of carbonyl (C=O) groups is 1. The number of hydrogen-bond acceptors (Lipinski definition) is 9. The topological polar surface area (TPSA) is 168 Å². The number of phenols is 1. The van der Waals surface area contributed by atoms with Gasteiger partial charge in [-0.25, -0.2) is 14.3 Å². The molecule has 12 nitrogen and oxygen atoms in total. The number of primary amides is 1. The number of fused-ring (bicyclic) bond motifs is 1. The number of phosphoric acid groups is 1. The number of pyridine rings is 1. The summed E-state index contributed by atoms with van der Waals surface area (Å²) in [6, 6.07) is 6.71. The Morgan fingerprint density at radius 1 is 1.34 bits per heavy atom. The molecule has 2 heterocycles. The number of hydroxylamine groups is 1. The maximum atomic E-state index is 12.6. The van der Waals surface area contributed by atoms with Crippen molar-refractivity contribution in [2.75, 3.05) is 29.4 Å². The highest BCUT2D eigenvalue weighted by atomic mass is 31.2. The summed E-state index contributed by atoms with van der Waals surface area (Å²) < 4.78 is 28.2. The zero-order valence-electron chi connectivity index (χ0n) is 17.4. The summed E-state index contributed by atoms with van der Waals surface area (Å²) in [5.41, 5.74) is 6.30. The van der Waals surface area contributed by atoms with Gasteiger partial charge in [0.05, 0.1) is 25.1 Å². The molecular weight excluding hydrogens is 441 g/mol. The van der Waals surface area contributed by atoms with Crippen LogP contribution in [0.2, 0.25) is 0 Å². The third-order valence-electron chi connectivity index (χ3n) is 4.31. The number of urea groups is 1. The molecule has 0 saturated carbocycles. The molecule has 0 spiro atoms. The van der Waals surface area contributed by atoms with E-state index in [2.05, 4.69) is 15.6 Å². The van der Waals surface area contributed by atoms with Gasteiger partial charge in [0, 0.05) is 11.8 Å². The van der Waals surface area contributed by atoms with Crippen molar-refractivity contribution < 1.29 is 33.2 Å². The fourth-order valence-electron chi connectivity index (χ4n) is 2.80. The van der Waals surface area contributed by atoms with Crippen molar-refractivity contribution in [3.05, 3.63) is 42.1 Å². The van der Waals surface area contributed by atoms with Crippen LogP contribution in [0.1, 0.15) is 25.3 Å². The molecule has 0 bridgehead atoms. The predicted molar refractivity (Wildman–Crippen MR) is 118 cm³/mol. The maximum Gasteiger partial charge on any atom is 0.494 e. The van der Waals surface area contributed by atoms with E-state index in [1.54, 1.807) is 12.1 Å². The summed E-state index contributed by atoms with van der Waals surface area (Å²) in [5, 5.41) is 16.3. The lowest BCUT2D eigenvalue weighted by atomic mass is 10.1. The van der Waals surface area contributed by atoms with Crippen LogP contribution in [0.25, 0.3) is 5.70 Å². The van der Waals surface area contributed by atoms with E-state index < -0.39 is 13.9 Å². The van der Waals surface area contributed by atoms with Crippen LogP contribution >= 0.6 is 7.82 Å². The number of carbonyl (C=O) groups excluding carboxylic acids is 1. The van der Waals surface area contributed by atoms with Crippen molar-refractivity contribution in [2.24, 2.45) is 5.73 Å². The highest BCUT2D eigenvalue weighted by Gasteiger charge is 2.33. The lowest BCUT2D eigenvalue weighted by molar-refractivity contribution is 0.148. The van der Waals surface area contributed by atoms with Gasteiger partial charge in [0.1, 0.15) is 5.82 Å². The largest absolute Gasteiger partial charge is 0.504 e. The van der Waals surface area contributed by atoms with Gasteiger partial charge in [-0.1, -0.05) is 13.3 Å². The first-order chi connectivity index (χ1) is 15.2. The molecule has 0 fully saturated rings. The zero-order chi connectivity index (χ0) is 23.3. The predicted octanol–water partition coefficient (Wildman–Crippen LogP) is 3.37. The minimum absolute atomic E-state index is 0.0198. The monoisotopic (exact) mass is 465 g/mol. The zero-order valence-corrected chi connectivity index (χ0v) is 18.3. The van der Waals surface area contributed by atoms with Crippen LogP contribution in [0, 0.1) is 0 Å². The standard InChI is InChI=1S/C19H24N5O7P/c1-3-4-9-30-32(27,28)31-24-14(12-5-7-15(25)16(10-12)29-2)11-21-13-6-8-17(22-18(13)24)23-19(20)26/h5-8,10-11,21,25H,3-4,9H2,1-2H3,(H,27,28)(H3,20,22,23,26). The molecule has 32 heavy (non-hydrogen) atoms. The van der Waals surface area contributed by atoms with Gasteiger partial charge in [0.2, 0.25) is 0 Å². The Morgan fingerprint density at radius 2 is 2.12 bits per heavy atom. The third-order valence-corrected chi connectivity index (χ3v) is 5.19. The van der Waals surface area contributed by atoms with Gasteiger partial charge in [-0.15, -0.1) is 0 Å². The fourth-order valence-corrected chi connectivity index (χ4v) is 3.58. The van der Waals surface area contributed by atoms with Crippen molar-refractivity contribution in [1.29, 1.82) is 0 Å². The molecule has 2 aromatic rings. The van der Waals surface area contributed by atoms with E-state index in [1.807, 2.05) is 6.92 Å². The molecular formula is C19H24N5O7P. The summed E-state index contributed by atoms with van der Waals surface area (Å²) >= 11 is 0. The first-order valence-electron chi connectivity index (χ1n) is 9.63. The Kier molecular flexibility index (Phi) is 7.21. The number of anilines is 3. The highest BCUT2D eigenvalue weighted by molar-refractivity contribution is 7.47. The van der Waals surface area contributed by atoms with Crippen molar-refractivity contribution >= 4 is 36.9 Å². The number of unbranched alkanes of at least 4 members (excludes halogenated alkanes) is 1. The molecule has 1 aromatic carbocycles. The van der Waals surface area contributed by atoms with Crippen LogP contribution in [-0.4, -0.2) is 34.7 Å². The van der Waals surface area contributed by atoms with Gasteiger partial charge in [-0.05, 0) is 36.8 Å². The van der Waals surface area contributed by atoms with Gasteiger partial charge in [-0.2, -0.15) is 9.69 Å². The number of aromatic hydroxyl groups is 1. The summed E-state index contributed by atoms with van der Waals surface area (Å²) in [7, 11) is -3.16. The Hall–Kier alpha value is -3.31. The minimum Gasteiger partial charge on any atom is -0.504 e. The first-order valence-corrected chi connectivity index (χ1v) is 11.1. The van der Waals surface area contributed by atoms with E-state index in [0.717, 1.165) is 11.5 Å². The van der Waals surface area contributed by atoms with Crippen molar-refractivity contribution in [3.63, 3.8) is 0 Å². The summed E-state index contributed by atoms with van der Waals surface area (Å²) in [4.78, 5) is 25.8. The molecule has 1 aromatic heterocycles. The number of nitrogens with one attached hydrogen (secondary N) is 2. The van der Waals surface area contributed by atoms with Gasteiger partial charge in [0.25, 0.3) is 0 Å². The minimum atomic E-state index is -4.55. The van der Waals surface area contributed by atoms with Crippen LogP contribution in [0.15, 0.2) is 36.5 Å². The smallest absolute Gasteiger partial charge is 0.494 e. The number of amides is 2. The summed E-state index contributed by atoms with van der Waals surface area (Å²) in [5.74, 6) is 0.248. The van der Waals surface area contributed by atoms with Gasteiger partial charge in [-0.3, -0.25) is 9.84 Å². The molecule has 1 unspecified atom stereocenters. The van der Waals surface area contributed by atoms with Crippen LogP contribution in [0.4, 0.5) is 22.1 Å². The number of phenolic OH excluding ortho intramolecular Hbond substituents is 1. The summed E-state index contributed by atoms with van der Waals surface area (Å²) in [6.07, 6.45) is 2.84. The number of ether oxygens (including phenoxy) is 1. The normalized spacial score (nSPS) is 14.6. The average molecular weight is 465 g/mol. The molecule has 1 atom stereocenters. The van der Waals surface area contributed by atoms with Crippen LogP contribution < -0.4 is 26.2 Å². The fraction of sp³-hybridized carbons (Fsp3) is 0.263. The van der Waals surface area contributed by atoms with E-state index >= 15 is 0 Å². The molecule has 172 valence electrons. The Morgan fingerprint density at radius 3 is 2.81 bits per heavy atom. The molecule has 1 aliphatic heterocycles. The molecule has 3 rings (SSSR count). The van der Waals surface area contributed by atoms with Gasteiger partial charge < -0.3 is 25.8 Å². The van der Waals surface area contributed by atoms with Crippen LogP contribution in [-0.2, 0) is 13.7 Å². The SMILES string of the molecule is CCCCOP(=O)(O)ON1C(c2ccc(O)c(OC)c2)=CNc2ccc(NC(N)=O)nc21. The number of hydrogen-bond donors (Lipinski definition) is 5. The quantitative estimate of drug-likeness (QED) is 0.273. The van der Waals surface area contributed by atoms with E-state index in [-0.39, 0.29) is 35.4 Å². The van der Waals surface area contributed by atoms with Gasteiger partial charge in [0.15, 0.2) is 17.3 Å². The molecule has 13 heteroatoms. The molecule has 0 aliphatic carbocycles. The van der Waals surface area contributed by atoms with Crippen molar-refractivity contribution in [2.45, 2.75) is 19.8 Å². The number of benzene rings is 1. The van der Waals surface area contributed by atoms with Crippen molar-refractivity contribution in [3.8, 4) is 11.5 Å². The lowest BCUT2D eigenvalue weighted by Crippen LogP contribution is -2.28. The second-order valence-corrected chi connectivity index (χ2v) is 8.01. The molecule has 0 saturated heterocycles. The Bertz CT molecular complexity index is 1080. The molecule has 0 radical (unpaired) electrons. The molecule has 1 aliphatic rings. The van der Waals surface area contributed by atoms with Crippen LogP contribution in [0.3, 0.4) is 0 Å². The van der Waals surface area contributed by atoms with E-state index in [0.29, 0.717) is 17.7 Å². The lowest BCUT2D eigenvalue weighted by Gasteiger charge is -2.31. The number of rotatable bonds is 9. The van der Waals surface area contributed by atoms with E-state index in [4.69, 9.17) is 19.6 Å². The Balaban J connectivity index is 2.03. The molecule has 2 amide bonds. The number of phosphoric ester groups is 1. The number of nitrogens with zero attached hydrogens (tertiary/aromatic N) is 2. The Labute approximate surface area is 184 Å². The average Bonchev–Trinajstić information content (AvgIpc) is 2.74. The molecule has 6 N–H and O–H groups in total. The van der Waals surface area contributed by atoms with E-state index in [1.165, 1.54) is 31.5 Å². The number of nitrogens with two attached hydrogens (primary N) is 1. The van der Waals surface area contributed by atoms with E-state index in [9.17, 15) is 19.4 Å².